The molecule has 1 atom stereocenters. The van der Waals surface area contributed by atoms with Gasteiger partial charge >= 0.3 is 0 Å². The molecule has 1 fully saturated rings. The molecule has 1 aromatic rings. The van der Waals surface area contributed by atoms with E-state index >= 15 is 0 Å². The summed E-state index contributed by atoms with van der Waals surface area (Å²) in [6.07, 6.45) is 0. The first kappa shape index (κ1) is 14.4. The van der Waals surface area contributed by atoms with Crippen LogP contribution in [0, 0.1) is 11.6 Å². The Morgan fingerprint density at radius 1 is 1.26 bits per heavy atom. The second kappa shape index (κ2) is 5.53. The van der Waals surface area contributed by atoms with E-state index in [1.54, 1.807) is 0 Å². The zero-order valence-corrected chi connectivity index (χ0v) is 11.3. The van der Waals surface area contributed by atoms with E-state index in [9.17, 15) is 8.78 Å². The molecule has 0 radical (unpaired) electrons. The molecule has 0 aromatic heterocycles. The molecule has 1 heterocycles. The zero-order valence-electron chi connectivity index (χ0n) is 11.3. The third-order valence-electron chi connectivity index (χ3n) is 3.88. The predicted octanol–water partition coefficient (Wildman–Crippen LogP) is 2.08. The molecule has 5 heteroatoms. The first-order chi connectivity index (χ1) is 8.93. The number of hydrogen-bond acceptors (Lipinski definition) is 3. The summed E-state index contributed by atoms with van der Waals surface area (Å²) < 4.78 is 32.4. The summed E-state index contributed by atoms with van der Waals surface area (Å²) in [6.45, 7) is 6.68. The highest BCUT2D eigenvalue weighted by Crippen LogP contribution is 2.31. The van der Waals surface area contributed by atoms with Crippen LogP contribution >= 0.6 is 0 Å². The van der Waals surface area contributed by atoms with Crippen LogP contribution in [0.1, 0.15) is 25.5 Å². The highest BCUT2D eigenvalue weighted by molar-refractivity contribution is 5.25. The van der Waals surface area contributed by atoms with Gasteiger partial charge in [-0.1, -0.05) is 0 Å². The van der Waals surface area contributed by atoms with Crippen molar-refractivity contribution in [3.8, 4) is 0 Å². The lowest BCUT2D eigenvalue weighted by Crippen LogP contribution is -2.55. The summed E-state index contributed by atoms with van der Waals surface area (Å²) >= 11 is 0. The molecule has 1 aliphatic rings. The fourth-order valence-corrected chi connectivity index (χ4v) is 2.47. The largest absolute Gasteiger partial charge is 0.379 e. The van der Waals surface area contributed by atoms with Crippen molar-refractivity contribution in [2.45, 2.75) is 25.4 Å². The maximum Gasteiger partial charge on any atom is 0.128 e. The Morgan fingerprint density at radius 3 is 2.53 bits per heavy atom. The van der Waals surface area contributed by atoms with Crippen molar-refractivity contribution >= 4 is 0 Å². The molecule has 1 aromatic carbocycles. The Bertz CT molecular complexity index is 445. The summed E-state index contributed by atoms with van der Waals surface area (Å²) in [5.41, 5.74) is 5.94. The maximum atomic E-state index is 13.8. The molecule has 2 N–H and O–H groups in total. The lowest BCUT2D eigenvalue weighted by atomic mass is 9.87. The van der Waals surface area contributed by atoms with Crippen LogP contribution < -0.4 is 5.73 Å². The molecule has 0 aliphatic carbocycles. The van der Waals surface area contributed by atoms with Gasteiger partial charge in [0.15, 0.2) is 0 Å². The number of halogens is 2. The van der Waals surface area contributed by atoms with E-state index in [-0.39, 0.29) is 5.56 Å². The summed E-state index contributed by atoms with van der Waals surface area (Å²) in [5.74, 6) is -0.931. The van der Waals surface area contributed by atoms with Gasteiger partial charge in [-0.05, 0) is 32.0 Å². The minimum absolute atomic E-state index is 0.219. The average Bonchev–Trinajstić information content (AvgIpc) is 2.41. The highest BCUT2D eigenvalue weighted by atomic mass is 19.1. The molecule has 1 aliphatic heterocycles. The van der Waals surface area contributed by atoms with Crippen LogP contribution in [0.5, 0.6) is 0 Å². The summed E-state index contributed by atoms with van der Waals surface area (Å²) in [5, 5.41) is 0. The Balaban J connectivity index is 2.25. The van der Waals surface area contributed by atoms with Gasteiger partial charge in [0.2, 0.25) is 0 Å². The normalized spacial score (nSPS) is 19.4. The number of hydrogen-bond donors (Lipinski definition) is 1. The molecule has 0 spiro atoms. The Morgan fingerprint density at radius 2 is 1.89 bits per heavy atom. The van der Waals surface area contributed by atoms with Crippen LogP contribution in [0.15, 0.2) is 18.2 Å². The van der Waals surface area contributed by atoms with Crippen molar-refractivity contribution in [1.29, 1.82) is 0 Å². The van der Waals surface area contributed by atoms with Crippen LogP contribution in [0.4, 0.5) is 8.78 Å². The van der Waals surface area contributed by atoms with Crippen molar-refractivity contribution in [3.05, 3.63) is 35.4 Å². The van der Waals surface area contributed by atoms with Gasteiger partial charge in [0.25, 0.3) is 0 Å². The van der Waals surface area contributed by atoms with E-state index in [4.69, 9.17) is 10.5 Å². The predicted molar refractivity (Wildman–Crippen MR) is 69.8 cm³/mol. The number of nitrogens with two attached hydrogens (primary N) is 1. The summed E-state index contributed by atoms with van der Waals surface area (Å²) in [4.78, 5) is 2.16. The molecule has 0 bridgehead atoms. The van der Waals surface area contributed by atoms with Gasteiger partial charge in [0, 0.05) is 24.2 Å². The van der Waals surface area contributed by atoms with Crippen molar-refractivity contribution in [2.24, 2.45) is 5.73 Å². The van der Waals surface area contributed by atoms with E-state index in [0.29, 0.717) is 13.2 Å². The summed E-state index contributed by atoms with van der Waals surface area (Å²) in [6, 6.07) is 2.82. The van der Waals surface area contributed by atoms with E-state index in [1.165, 1.54) is 6.07 Å². The lowest BCUT2D eigenvalue weighted by molar-refractivity contribution is -0.0194. The van der Waals surface area contributed by atoms with Gasteiger partial charge in [-0.15, -0.1) is 0 Å². The van der Waals surface area contributed by atoms with Crippen molar-refractivity contribution in [2.75, 3.05) is 26.3 Å². The lowest BCUT2D eigenvalue weighted by Gasteiger charge is -2.44. The van der Waals surface area contributed by atoms with E-state index < -0.39 is 23.2 Å². The minimum atomic E-state index is -0.596. The third-order valence-corrected chi connectivity index (χ3v) is 3.88. The Hall–Kier alpha value is -1.04. The third kappa shape index (κ3) is 2.94. The van der Waals surface area contributed by atoms with Crippen molar-refractivity contribution in [3.63, 3.8) is 0 Å². The van der Waals surface area contributed by atoms with Gasteiger partial charge in [-0.2, -0.15) is 0 Å². The second-order valence-electron chi connectivity index (χ2n) is 5.40. The summed E-state index contributed by atoms with van der Waals surface area (Å²) in [7, 11) is 0. The molecule has 1 saturated heterocycles. The smallest absolute Gasteiger partial charge is 0.128 e. The number of rotatable bonds is 3. The monoisotopic (exact) mass is 270 g/mol. The van der Waals surface area contributed by atoms with Crippen molar-refractivity contribution in [1.82, 2.24) is 4.90 Å². The first-order valence-corrected chi connectivity index (χ1v) is 6.46. The quantitative estimate of drug-likeness (QED) is 0.914. The van der Waals surface area contributed by atoms with E-state index in [0.717, 1.165) is 25.2 Å². The molecular weight excluding hydrogens is 250 g/mol. The number of ether oxygens (including phenoxy) is 1. The zero-order chi connectivity index (χ0) is 14.0. The molecule has 3 nitrogen and oxygen atoms in total. The van der Waals surface area contributed by atoms with Crippen LogP contribution in [-0.2, 0) is 4.74 Å². The number of nitrogens with zero attached hydrogens (tertiary/aromatic N) is 1. The SMILES string of the molecule is CC(C)(C(N)c1cc(F)ccc1F)N1CCOCC1. The molecule has 0 amide bonds. The minimum Gasteiger partial charge on any atom is -0.379 e. The molecule has 19 heavy (non-hydrogen) atoms. The van der Waals surface area contributed by atoms with Gasteiger partial charge in [0.1, 0.15) is 11.6 Å². The fourth-order valence-electron chi connectivity index (χ4n) is 2.47. The Kier molecular flexibility index (Phi) is 4.18. The van der Waals surface area contributed by atoms with Crippen LogP contribution in [-0.4, -0.2) is 36.7 Å². The van der Waals surface area contributed by atoms with Crippen LogP contribution in [0.25, 0.3) is 0 Å². The van der Waals surface area contributed by atoms with Gasteiger partial charge in [-0.25, -0.2) is 8.78 Å². The van der Waals surface area contributed by atoms with Crippen LogP contribution in [0.3, 0.4) is 0 Å². The molecule has 106 valence electrons. The average molecular weight is 270 g/mol. The standard InChI is InChI=1S/C14H20F2N2O/c1-14(2,18-5-7-19-8-6-18)13(17)11-9-10(15)3-4-12(11)16/h3-4,9,13H,5-8,17H2,1-2H3. The van der Waals surface area contributed by atoms with Gasteiger partial charge in [-0.3, -0.25) is 4.90 Å². The topological polar surface area (TPSA) is 38.5 Å². The van der Waals surface area contributed by atoms with Crippen LogP contribution in [0.2, 0.25) is 0 Å². The Labute approximate surface area is 112 Å². The second-order valence-corrected chi connectivity index (χ2v) is 5.40. The van der Waals surface area contributed by atoms with Gasteiger partial charge in [0.05, 0.1) is 19.3 Å². The van der Waals surface area contributed by atoms with E-state index in [1.807, 2.05) is 13.8 Å². The molecule has 0 saturated carbocycles. The first-order valence-electron chi connectivity index (χ1n) is 6.46. The highest BCUT2D eigenvalue weighted by Gasteiger charge is 2.36. The number of benzene rings is 1. The molecule has 1 unspecified atom stereocenters. The molecular formula is C14H20F2N2O. The number of morpholine rings is 1. The molecule has 2 rings (SSSR count). The fraction of sp³-hybridized carbons (Fsp3) is 0.571. The van der Waals surface area contributed by atoms with E-state index in [2.05, 4.69) is 4.90 Å². The van der Waals surface area contributed by atoms with Gasteiger partial charge < -0.3 is 10.5 Å². The maximum absolute atomic E-state index is 13.8. The van der Waals surface area contributed by atoms with Crippen molar-refractivity contribution < 1.29 is 13.5 Å².